The van der Waals surface area contributed by atoms with Crippen molar-refractivity contribution in [2.75, 3.05) is 10.0 Å². The van der Waals surface area contributed by atoms with Gasteiger partial charge in [-0.3, -0.25) is 9.52 Å². The monoisotopic (exact) mass is 435 g/mol. The second-order valence-electron chi connectivity index (χ2n) is 6.91. The van der Waals surface area contributed by atoms with E-state index in [9.17, 15) is 17.6 Å². The molecule has 0 aliphatic carbocycles. The van der Waals surface area contributed by atoms with Crippen molar-refractivity contribution in [1.29, 1.82) is 0 Å². The number of fused-ring (bicyclic) bond motifs is 1. The first-order valence-corrected chi connectivity index (χ1v) is 10.9. The number of nitrogens with zero attached hydrogens (tertiary/aromatic N) is 1. The topological polar surface area (TPSA) is 88.2 Å². The van der Waals surface area contributed by atoms with E-state index in [0.717, 1.165) is 11.5 Å². The number of aryl methyl sites for hydroxylation is 1. The van der Waals surface area contributed by atoms with Crippen LogP contribution < -0.4 is 10.0 Å². The zero-order valence-electron chi connectivity index (χ0n) is 16.5. The summed E-state index contributed by atoms with van der Waals surface area (Å²) in [5.74, 6) is -1.16. The molecule has 156 valence electrons. The number of carbonyl (C=O) groups is 1. The molecule has 0 spiro atoms. The standard InChI is InChI=1S/C23H18FN3O3S/c1-15-10-12-17(14-22(15)31(29,30)27-20-9-5-3-7-18(20)24)25-23(28)21-13-11-16-6-2-4-8-19(16)26-21/h2-14,27H,1H3,(H,25,28). The first-order valence-electron chi connectivity index (χ1n) is 9.39. The number of aromatic nitrogens is 1. The number of pyridine rings is 1. The molecule has 1 heterocycles. The molecule has 8 heteroatoms. The molecule has 0 bridgehead atoms. The van der Waals surface area contributed by atoms with Gasteiger partial charge < -0.3 is 5.32 Å². The molecule has 0 aliphatic heterocycles. The summed E-state index contributed by atoms with van der Waals surface area (Å²) in [4.78, 5) is 16.9. The highest BCUT2D eigenvalue weighted by Crippen LogP contribution is 2.24. The van der Waals surface area contributed by atoms with Crippen LogP contribution in [0.15, 0.2) is 83.8 Å². The molecule has 0 fully saturated rings. The summed E-state index contributed by atoms with van der Waals surface area (Å²) in [6.45, 7) is 1.62. The van der Waals surface area contributed by atoms with Gasteiger partial charge in [0.25, 0.3) is 15.9 Å². The molecule has 31 heavy (non-hydrogen) atoms. The van der Waals surface area contributed by atoms with Gasteiger partial charge in [0, 0.05) is 11.1 Å². The molecule has 0 saturated heterocycles. The van der Waals surface area contributed by atoms with E-state index in [0.29, 0.717) is 11.1 Å². The second kappa shape index (κ2) is 8.16. The van der Waals surface area contributed by atoms with Gasteiger partial charge in [0.05, 0.1) is 16.1 Å². The fourth-order valence-electron chi connectivity index (χ4n) is 3.10. The maximum atomic E-state index is 13.9. The number of para-hydroxylation sites is 2. The molecule has 0 unspecified atom stereocenters. The second-order valence-corrected chi connectivity index (χ2v) is 8.56. The van der Waals surface area contributed by atoms with Crippen molar-refractivity contribution < 1.29 is 17.6 Å². The molecule has 3 aromatic carbocycles. The smallest absolute Gasteiger partial charge is 0.274 e. The number of carbonyl (C=O) groups excluding carboxylic acids is 1. The third-order valence-electron chi connectivity index (χ3n) is 4.68. The van der Waals surface area contributed by atoms with Crippen LogP contribution in [0.5, 0.6) is 0 Å². The molecule has 0 atom stereocenters. The van der Waals surface area contributed by atoms with Crippen LogP contribution >= 0.6 is 0 Å². The Morgan fingerprint density at radius 1 is 0.935 bits per heavy atom. The average Bonchev–Trinajstić information content (AvgIpc) is 2.76. The molecule has 1 aromatic heterocycles. The van der Waals surface area contributed by atoms with Gasteiger partial charge in [-0.25, -0.2) is 17.8 Å². The fourth-order valence-corrected chi connectivity index (χ4v) is 4.44. The summed E-state index contributed by atoms with van der Waals surface area (Å²) in [6, 6.07) is 20.8. The minimum absolute atomic E-state index is 0.0694. The number of hydrogen-bond donors (Lipinski definition) is 2. The van der Waals surface area contributed by atoms with Gasteiger partial charge in [0.15, 0.2) is 0 Å². The van der Waals surface area contributed by atoms with Gasteiger partial charge in [0.1, 0.15) is 11.5 Å². The quantitative estimate of drug-likeness (QED) is 0.474. The number of sulfonamides is 1. The summed E-state index contributed by atoms with van der Waals surface area (Å²) in [6.07, 6.45) is 0. The van der Waals surface area contributed by atoms with Crippen LogP contribution in [-0.4, -0.2) is 19.3 Å². The molecule has 0 saturated carbocycles. The molecule has 0 radical (unpaired) electrons. The minimum Gasteiger partial charge on any atom is -0.321 e. The summed E-state index contributed by atoms with van der Waals surface area (Å²) >= 11 is 0. The van der Waals surface area contributed by atoms with Gasteiger partial charge in [-0.15, -0.1) is 0 Å². The van der Waals surface area contributed by atoms with Crippen LogP contribution in [0.3, 0.4) is 0 Å². The van der Waals surface area contributed by atoms with Crippen molar-refractivity contribution in [1.82, 2.24) is 4.98 Å². The molecule has 6 nitrogen and oxygen atoms in total. The summed E-state index contributed by atoms with van der Waals surface area (Å²) in [5.41, 5.74) is 1.45. The highest BCUT2D eigenvalue weighted by atomic mass is 32.2. The number of benzene rings is 3. The molecule has 2 N–H and O–H groups in total. The molecule has 4 aromatic rings. The predicted octanol–water partition coefficient (Wildman–Crippen LogP) is 4.74. The van der Waals surface area contributed by atoms with E-state index in [1.165, 1.54) is 24.3 Å². The van der Waals surface area contributed by atoms with Crippen LogP contribution in [0, 0.1) is 12.7 Å². The Balaban J connectivity index is 1.61. The van der Waals surface area contributed by atoms with Crippen molar-refractivity contribution in [2.45, 2.75) is 11.8 Å². The van der Waals surface area contributed by atoms with E-state index in [-0.39, 0.29) is 22.0 Å². The lowest BCUT2D eigenvalue weighted by atomic mass is 10.2. The van der Waals surface area contributed by atoms with Crippen molar-refractivity contribution in [2.24, 2.45) is 0 Å². The summed E-state index contributed by atoms with van der Waals surface area (Å²) in [7, 11) is -4.08. The van der Waals surface area contributed by atoms with E-state index in [2.05, 4.69) is 15.0 Å². The number of anilines is 2. The Labute approximate surface area is 178 Å². The van der Waals surface area contributed by atoms with Gasteiger partial charge in [-0.2, -0.15) is 0 Å². The van der Waals surface area contributed by atoms with Crippen molar-refractivity contribution in [3.05, 3.63) is 95.9 Å². The first kappa shape index (κ1) is 20.5. The lowest BCUT2D eigenvalue weighted by Crippen LogP contribution is -2.17. The van der Waals surface area contributed by atoms with Crippen LogP contribution in [0.25, 0.3) is 10.9 Å². The van der Waals surface area contributed by atoms with Crippen LogP contribution in [0.4, 0.5) is 15.8 Å². The molecular formula is C23H18FN3O3S. The van der Waals surface area contributed by atoms with Crippen molar-refractivity contribution in [3.63, 3.8) is 0 Å². The highest BCUT2D eigenvalue weighted by Gasteiger charge is 2.20. The Morgan fingerprint density at radius 2 is 1.68 bits per heavy atom. The zero-order chi connectivity index (χ0) is 22.0. The maximum Gasteiger partial charge on any atom is 0.274 e. The average molecular weight is 435 g/mol. The molecule has 4 rings (SSSR count). The van der Waals surface area contributed by atoms with Gasteiger partial charge in [-0.1, -0.05) is 42.5 Å². The summed E-state index contributed by atoms with van der Waals surface area (Å²) in [5, 5.41) is 3.57. The first-order chi connectivity index (χ1) is 14.8. The Hall–Kier alpha value is -3.78. The third kappa shape index (κ3) is 4.39. The van der Waals surface area contributed by atoms with E-state index < -0.39 is 21.7 Å². The Kier molecular flexibility index (Phi) is 5.39. The molecular weight excluding hydrogens is 417 g/mol. The van der Waals surface area contributed by atoms with E-state index in [4.69, 9.17) is 0 Å². The zero-order valence-corrected chi connectivity index (χ0v) is 17.3. The van der Waals surface area contributed by atoms with E-state index >= 15 is 0 Å². The lowest BCUT2D eigenvalue weighted by molar-refractivity contribution is 0.102. The van der Waals surface area contributed by atoms with Crippen molar-refractivity contribution in [3.8, 4) is 0 Å². The van der Waals surface area contributed by atoms with Gasteiger partial charge in [0.2, 0.25) is 0 Å². The van der Waals surface area contributed by atoms with Crippen LogP contribution in [0.2, 0.25) is 0 Å². The van der Waals surface area contributed by atoms with Crippen molar-refractivity contribution >= 4 is 38.2 Å². The number of rotatable bonds is 5. The number of halogens is 1. The maximum absolute atomic E-state index is 13.9. The van der Waals surface area contributed by atoms with E-state index in [1.807, 2.05) is 18.2 Å². The summed E-state index contributed by atoms with van der Waals surface area (Å²) < 4.78 is 41.8. The van der Waals surface area contributed by atoms with Crippen LogP contribution in [-0.2, 0) is 10.0 Å². The number of nitrogens with one attached hydrogen (secondary N) is 2. The largest absolute Gasteiger partial charge is 0.321 e. The minimum atomic E-state index is -4.08. The van der Waals surface area contributed by atoms with E-state index in [1.54, 1.807) is 37.3 Å². The van der Waals surface area contributed by atoms with Gasteiger partial charge in [-0.05, 0) is 48.9 Å². The predicted molar refractivity (Wildman–Crippen MR) is 118 cm³/mol. The Morgan fingerprint density at radius 3 is 2.48 bits per heavy atom. The normalized spacial score (nSPS) is 11.3. The highest BCUT2D eigenvalue weighted by molar-refractivity contribution is 7.92. The van der Waals surface area contributed by atoms with Crippen LogP contribution in [0.1, 0.15) is 16.1 Å². The SMILES string of the molecule is Cc1ccc(NC(=O)c2ccc3ccccc3n2)cc1S(=O)(=O)Nc1ccccc1F. The van der Waals surface area contributed by atoms with Gasteiger partial charge >= 0.3 is 0 Å². The lowest BCUT2D eigenvalue weighted by Gasteiger charge is -2.13. The Bertz CT molecular complexity index is 1400. The number of hydrogen-bond acceptors (Lipinski definition) is 4. The number of amides is 1. The fraction of sp³-hybridized carbons (Fsp3) is 0.0435. The molecule has 0 aliphatic rings. The third-order valence-corrected chi connectivity index (χ3v) is 6.19. The molecule has 1 amide bonds.